The molecule has 1 saturated heterocycles. The van der Waals surface area contributed by atoms with E-state index in [-0.39, 0.29) is 42.6 Å². The summed E-state index contributed by atoms with van der Waals surface area (Å²) in [6.45, 7) is 2.79. The maximum absolute atomic E-state index is 13.5. The van der Waals surface area contributed by atoms with Gasteiger partial charge in [-0.2, -0.15) is 0 Å². The summed E-state index contributed by atoms with van der Waals surface area (Å²) in [6, 6.07) is 4.79. The molecule has 6 heteroatoms. The molecule has 1 aromatic carbocycles. The third-order valence-electron chi connectivity index (χ3n) is 2.32. The number of rotatable bonds is 1. The first-order valence-electron chi connectivity index (χ1n) is 4.65. The van der Waals surface area contributed by atoms with E-state index in [4.69, 9.17) is 10.5 Å². The lowest BCUT2D eigenvalue weighted by molar-refractivity contribution is 0.122. The number of hydrogen-bond donors (Lipinski definition) is 1. The van der Waals surface area contributed by atoms with Crippen LogP contribution in [0.25, 0.3) is 0 Å². The van der Waals surface area contributed by atoms with Crippen LogP contribution >= 0.6 is 0 Å². The van der Waals surface area contributed by atoms with Crippen molar-refractivity contribution in [1.29, 1.82) is 0 Å². The second-order valence-corrected chi connectivity index (χ2v) is 3.31. The number of nitrogen functional groups attached to an aromatic ring is 1. The lowest BCUT2D eigenvalue weighted by Gasteiger charge is -2.29. The van der Waals surface area contributed by atoms with E-state index in [0.29, 0.717) is 24.6 Å². The van der Waals surface area contributed by atoms with Gasteiger partial charge >= 0.3 is 0 Å². The van der Waals surface area contributed by atoms with Crippen LogP contribution < -0.4 is 10.6 Å². The summed E-state index contributed by atoms with van der Waals surface area (Å²) < 4.78 is 18.7. The van der Waals surface area contributed by atoms with Crippen molar-refractivity contribution in [3.63, 3.8) is 0 Å². The molecular weight excluding hydrogens is 249 g/mol. The zero-order valence-corrected chi connectivity index (χ0v) is 8.86. The van der Waals surface area contributed by atoms with Crippen molar-refractivity contribution >= 4 is 19.8 Å². The maximum atomic E-state index is 13.5. The van der Waals surface area contributed by atoms with Gasteiger partial charge in [0, 0.05) is 28.6 Å². The van der Waals surface area contributed by atoms with Crippen molar-refractivity contribution in [3.8, 4) is 0 Å². The first-order valence-corrected chi connectivity index (χ1v) is 4.65. The minimum atomic E-state index is -0.257. The Bertz CT molecular complexity index is 340. The van der Waals surface area contributed by atoms with Gasteiger partial charge in [-0.05, 0) is 18.2 Å². The van der Waals surface area contributed by atoms with Crippen LogP contribution in [0.3, 0.4) is 0 Å². The quantitative estimate of drug-likeness (QED) is 0.633. The van der Waals surface area contributed by atoms with Crippen LogP contribution in [0.1, 0.15) is 23.7 Å². The second kappa shape index (κ2) is 11.8. The summed E-state index contributed by atoms with van der Waals surface area (Å²) in [6.07, 6.45) is 0. The zero-order chi connectivity index (χ0) is 9.97. The van der Waals surface area contributed by atoms with Crippen LogP contribution in [-0.4, -0.2) is 34.7 Å². The first kappa shape index (κ1) is 26.3. The van der Waals surface area contributed by atoms with Gasteiger partial charge in [-0.1, -0.05) is 22.3 Å². The number of anilines is 2. The fraction of sp³-hybridized carbons (Fsp3) is 0.538. The molecule has 1 heterocycles. The van der Waals surface area contributed by atoms with Crippen LogP contribution in [0, 0.1) is 5.82 Å². The summed E-state index contributed by atoms with van der Waals surface area (Å²) in [5, 5.41) is 0. The van der Waals surface area contributed by atoms with Gasteiger partial charge in [0.15, 0.2) is 0 Å². The molecule has 19 heavy (non-hydrogen) atoms. The molecule has 1 aliphatic heterocycles. The minimum absolute atomic E-state index is 0. The van der Waals surface area contributed by atoms with Crippen LogP contribution in [0.5, 0.6) is 0 Å². The van der Waals surface area contributed by atoms with Crippen molar-refractivity contribution in [1.82, 2.24) is 0 Å². The molecule has 2 rings (SSSR count). The van der Waals surface area contributed by atoms with Gasteiger partial charge in [0.25, 0.3) is 0 Å². The van der Waals surface area contributed by atoms with Crippen molar-refractivity contribution in [2.45, 2.75) is 22.3 Å². The average Bonchev–Trinajstić information content (AvgIpc) is 2.19. The van der Waals surface area contributed by atoms with Crippen LogP contribution in [-0.2, 0) is 4.74 Å². The number of hydrogen-bond acceptors (Lipinski definition) is 3. The molecule has 0 saturated carbocycles. The molecule has 0 atom stereocenters. The first-order chi connectivity index (χ1) is 6.77. The molecule has 0 unspecified atom stereocenters. The van der Waals surface area contributed by atoms with Crippen LogP contribution in [0.4, 0.5) is 20.5 Å². The van der Waals surface area contributed by atoms with Crippen molar-refractivity contribution in [3.05, 3.63) is 24.0 Å². The van der Waals surface area contributed by atoms with E-state index in [1.807, 2.05) is 4.90 Å². The number of morpholine rings is 1. The van der Waals surface area contributed by atoms with Gasteiger partial charge in [-0.25, -0.2) is 4.39 Å². The van der Waals surface area contributed by atoms with E-state index in [9.17, 15) is 4.39 Å². The Balaban J connectivity index is -0.000000125. The fourth-order valence-corrected chi connectivity index (χ4v) is 1.58. The molecule has 0 spiro atoms. The average molecular weight is 278 g/mol. The molecule has 0 bridgehead atoms. The Labute approximate surface area is 119 Å². The molecule has 2 N–H and O–H groups in total. The highest BCUT2D eigenvalue weighted by molar-refractivity contribution is 5.75. The molecule has 1 aromatic rings. The number of halogens is 2. The Hall–Kier alpha value is -1.30. The van der Waals surface area contributed by atoms with Crippen molar-refractivity contribution in [2.24, 2.45) is 0 Å². The second-order valence-electron chi connectivity index (χ2n) is 3.31. The highest BCUT2D eigenvalue weighted by atomic mass is 19.1. The summed E-state index contributed by atoms with van der Waals surface area (Å²) in [7, 11) is 0. The maximum Gasteiger partial charge on any atom is 0.148 e. The summed E-state index contributed by atoms with van der Waals surface area (Å²) in [5.74, 6) is -0.257. The molecule has 1 fully saturated rings. The van der Waals surface area contributed by atoms with Crippen molar-refractivity contribution < 1.29 is 15.3 Å². The van der Waals surface area contributed by atoms with E-state index >= 15 is 0 Å². The molecule has 0 aliphatic carbocycles. The topological polar surface area (TPSA) is 38.5 Å². The van der Waals surface area contributed by atoms with Gasteiger partial charge in [0.2, 0.25) is 0 Å². The largest absolute Gasteiger partial charge is 0.399 e. The molecule has 0 aromatic heterocycles. The minimum Gasteiger partial charge on any atom is -0.399 e. The van der Waals surface area contributed by atoms with E-state index in [0.717, 1.165) is 13.1 Å². The fourth-order valence-electron chi connectivity index (χ4n) is 1.58. The highest BCUT2D eigenvalue weighted by Crippen LogP contribution is 2.22. The normalized spacial score (nSPS) is 12.6. The van der Waals surface area contributed by atoms with E-state index in [1.165, 1.54) is 6.07 Å². The smallest absolute Gasteiger partial charge is 0.148 e. The summed E-state index contributed by atoms with van der Waals surface area (Å²) >= 11 is 0. The van der Waals surface area contributed by atoms with Crippen LogP contribution in [0.2, 0.25) is 0 Å². The van der Waals surface area contributed by atoms with Gasteiger partial charge < -0.3 is 15.4 Å². The number of ether oxygens (including phenoxy) is 1. The third-order valence-corrected chi connectivity index (χ3v) is 2.32. The number of benzene rings is 1. The summed E-state index contributed by atoms with van der Waals surface area (Å²) in [5.41, 5.74) is 6.55. The molecule has 113 valence electrons. The highest BCUT2D eigenvalue weighted by Gasteiger charge is 2.14. The lowest BCUT2D eigenvalue weighted by Crippen LogP contribution is -2.36. The van der Waals surface area contributed by atoms with Gasteiger partial charge in [-0.15, -0.1) is 0 Å². The Morgan fingerprint density at radius 2 is 1.68 bits per heavy atom. The lowest BCUT2D eigenvalue weighted by atomic mass is 10.2. The molecule has 1 aliphatic rings. The van der Waals surface area contributed by atoms with E-state index in [2.05, 4.69) is 0 Å². The molecule has 0 amide bonds. The monoisotopic (exact) mass is 278 g/mol. The number of nitrogens with two attached hydrogens (primary N) is 1. The zero-order valence-electron chi connectivity index (χ0n) is 8.86. The Kier molecular flexibility index (Phi) is 16.3. The van der Waals surface area contributed by atoms with Crippen LogP contribution in [0.15, 0.2) is 18.2 Å². The van der Waals surface area contributed by atoms with Gasteiger partial charge in [0.1, 0.15) is 5.82 Å². The van der Waals surface area contributed by atoms with Gasteiger partial charge in [-0.3, -0.25) is 4.70 Å². The molecule has 3 radical (unpaired) electrons. The summed E-state index contributed by atoms with van der Waals surface area (Å²) in [4.78, 5) is 1.97. The van der Waals surface area contributed by atoms with E-state index in [1.54, 1.807) is 12.1 Å². The molecular formula is C13H28BF2N2O. The predicted molar refractivity (Wildman–Crippen MR) is 84.4 cm³/mol. The Morgan fingerprint density at radius 1 is 1.16 bits per heavy atom. The number of nitrogens with zero attached hydrogens (tertiary/aromatic N) is 1. The standard InChI is InChI=1S/C10H13FN2O.3CH4.B.FH.H2/c11-9-7-8(12)1-2-10(9)13-3-5-14-6-4-13;;;;;;/h1-2,7H,3-6,12H2;3*1H4;;2*1H/i;;;;;;1+1. The SMILES string of the molecule is C.C.C.F.Nc1ccc(N2CCOCC2)c(F)c1.[2HH].[B]. The van der Waals surface area contributed by atoms with Crippen molar-refractivity contribution in [2.75, 3.05) is 36.9 Å². The predicted octanol–water partition coefficient (Wildman–Crippen LogP) is 3.17. The van der Waals surface area contributed by atoms with Gasteiger partial charge in [0.05, 0.1) is 18.9 Å². The Morgan fingerprint density at radius 3 is 2.16 bits per heavy atom. The molecule has 3 nitrogen and oxygen atoms in total. The third kappa shape index (κ3) is 6.43. The van der Waals surface area contributed by atoms with E-state index < -0.39 is 0 Å².